The molecule has 1 aliphatic heterocycles. The van der Waals surface area contributed by atoms with Gasteiger partial charge in [-0.3, -0.25) is 9.59 Å². The van der Waals surface area contributed by atoms with E-state index >= 15 is 0 Å². The number of nitrogens with zero attached hydrogens (tertiary/aromatic N) is 3. The standard InChI is InChI=1S/C19H24N4O2S/c1-5-12-8-6-7-9-14(12)23-11-13(10-15(23)24)16-21-22-18(26-16)20-17(25)19(2,3)4/h6-9,13H,5,10-11H2,1-4H3,(H,20,22,25)/t13-/m0/s1. The molecule has 0 unspecified atom stereocenters. The second-order valence-electron chi connectivity index (χ2n) is 7.54. The molecule has 2 heterocycles. The van der Waals surface area contributed by atoms with Gasteiger partial charge in [0.2, 0.25) is 16.9 Å². The Balaban J connectivity index is 1.74. The summed E-state index contributed by atoms with van der Waals surface area (Å²) in [7, 11) is 0. The Kier molecular flexibility index (Phi) is 5.09. The van der Waals surface area contributed by atoms with Crippen LogP contribution in [0.25, 0.3) is 0 Å². The maximum absolute atomic E-state index is 12.6. The largest absolute Gasteiger partial charge is 0.311 e. The molecule has 1 N–H and O–H groups in total. The summed E-state index contributed by atoms with van der Waals surface area (Å²) < 4.78 is 0. The fourth-order valence-corrected chi connectivity index (χ4v) is 3.74. The number of amides is 2. The van der Waals surface area contributed by atoms with Crippen molar-refractivity contribution in [2.75, 3.05) is 16.8 Å². The summed E-state index contributed by atoms with van der Waals surface area (Å²) in [5, 5.41) is 12.4. The van der Waals surface area contributed by atoms with Crippen LogP contribution in [0.4, 0.5) is 10.8 Å². The van der Waals surface area contributed by atoms with Crippen molar-refractivity contribution in [1.29, 1.82) is 0 Å². The van der Waals surface area contributed by atoms with Gasteiger partial charge in [-0.25, -0.2) is 0 Å². The molecule has 1 aromatic heterocycles. The second-order valence-corrected chi connectivity index (χ2v) is 8.55. The smallest absolute Gasteiger partial charge is 0.231 e. The average molecular weight is 372 g/mol. The molecule has 1 atom stereocenters. The Hall–Kier alpha value is -2.28. The van der Waals surface area contributed by atoms with Crippen molar-refractivity contribution in [3.63, 3.8) is 0 Å². The maximum atomic E-state index is 12.6. The molecule has 0 aliphatic carbocycles. The van der Waals surface area contributed by atoms with Crippen molar-refractivity contribution in [3.8, 4) is 0 Å². The van der Waals surface area contributed by atoms with Crippen molar-refractivity contribution in [2.24, 2.45) is 5.41 Å². The number of benzene rings is 1. The first kappa shape index (κ1) is 18.5. The van der Waals surface area contributed by atoms with Crippen LogP contribution in [-0.2, 0) is 16.0 Å². The normalized spacial score (nSPS) is 17.6. The first-order valence-electron chi connectivity index (χ1n) is 8.82. The monoisotopic (exact) mass is 372 g/mol. The molecule has 6 nitrogen and oxygen atoms in total. The average Bonchev–Trinajstić information content (AvgIpc) is 3.20. The number of carbonyl (C=O) groups is 2. The van der Waals surface area contributed by atoms with Crippen LogP contribution in [-0.4, -0.2) is 28.6 Å². The van der Waals surface area contributed by atoms with Gasteiger partial charge < -0.3 is 10.2 Å². The summed E-state index contributed by atoms with van der Waals surface area (Å²) in [6, 6.07) is 8.00. The zero-order chi connectivity index (χ0) is 18.9. The first-order valence-corrected chi connectivity index (χ1v) is 9.64. The number of para-hydroxylation sites is 1. The maximum Gasteiger partial charge on any atom is 0.231 e. The third-order valence-electron chi connectivity index (χ3n) is 4.48. The van der Waals surface area contributed by atoms with E-state index in [1.54, 1.807) is 0 Å². The predicted molar refractivity (Wildman–Crippen MR) is 104 cm³/mol. The van der Waals surface area contributed by atoms with Gasteiger partial charge in [-0.15, -0.1) is 10.2 Å². The van der Waals surface area contributed by atoms with Crippen LogP contribution in [0.15, 0.2) is 24.3 Å². The molecule has 0 radical (unpaired) electrons. The number of carbonyl (C=O) groups excluding carboxylic acids is 2. The lowest BCUT2D eigenvalue weighted by Crippen LogP contribution is -2.27. The third kappa shape index (κ3) is 3.77. The number of aryl methyl sites for hydroxylation is 1. The number of hydrogen-bond acceptors (Lipinski definition) is 5. The molecule has 1 aliphatic rings. The molecule has 0 spiro atoms. The van der Waals surface area contributed by atoms with Gasteiger partial charge in [-0.1, -0.05) is 57.2 Å². The van der Waals surface area contributed by atoms with Crippen LogP contribution in [0.3, 0.4) is 0 Å². The van der Waals surface area contributed by atoms with E-state index in [1.165, 1.54) is 11.3 Å². The summed E-state index contributed by atoms with van der Waals surface area (Å²) in [6.45, 7) is 8.23. The van der Waals surface area contributed by atoms with Gasteiger partial charge in [0.05, 0.1) is 0 Å². The topological polar surface area (TPSA) is 75.2 Å². The third-order valence-corrected chi connectivity index (χ3v) is 5.48. The minimum Gasteiger partial charge on any atom is -0.311 e. The van der Waals surface area contributed by atoms with Crippen molar-refractivity contribution in [1.82, 2.24) is 10.2 Å². The number of rotatable bonds is 4. The van der Waals surface area contributed by atoms with E-state index in [2.05, 4.69) is 28.5 Å². The summed E-state index contributed by atoms with van der Waals surface area (Å²) in [5.41, 5.74) is 1.65. The Morgan fingerprint density at radius 2 is 2.04 bits per heavy atom. The van der Waals surface area contributed by atoms with Gasteiger partial charge in [0.15, 0.2) is 0 Å². The molecule has 1 aromatic carbocycles. The van der Waals surface area contributed by atoms with Crippen molar-refractivity contribution < 1.29 is 9.59 Å². The van der Waals surface area contributed by atoms with E-state index in [4.69, 9.17) is 0 Å². The van der Waals surface area contributed by atoms with Crippen molar-refractivity contribution in [3.05, 3.63) is 34.8 Å². The molecule has 0 saturated carbocycles. The lowest BCUT2D eigenvalue weighted by Gasteiger charge is -2.19. The highest BCUT2D eigenvalue weighted by atomic mass is 32.1. The zero-order valence-corrected chi connectivity index (χ0v) is 16.4. The fourth-order valence-electron chi connectivity index (χ4n) is 2.91. The van der Waals surface area contributed by atoms with Gasteiger partial charge in [-0.2, -0.15) is 0 Å². The molecule has 7 heteroatoms. The lowest BCUT2D eigenvalue weighted by molar-refractivity contribution is -0.123. The van der Waals surface area contributed by atoms with E-state index in [0.717, 1.165) is 22.7 Å². The summed E-state index contributed by atoms with van der Waals surface area (Å²) in [6.07, 6.45) is 1.30. The van der Waals surface area contributed by atoms with Crippen LogP contribution < -0.4 is 10.2 Å². The molecule has 1 fully saturated rings. The molecule has 138 valence electrons. The summed E-state index contributed by atoms with van der Waals surface area (Å²) >= 11 is 1.35. The minimum atomic E-state index is -0.490. The van der Waals surface area contributed by atoms with Gasteiger partial charge in [0, 0.05) is 30.0 Å². The van der Waals surface area contributed by atoms with E-state index in [-0.39, 0.29) is 17.7 Å². The van der Waals surface area contributed by atoms with Gasteiger partial charge in [-0.05, 0) is 18.1 Å². The van der Waals surface area contributed by atoms with E-state index in [9.17, 15) is 9.59 Å². The van der Waals surface area contributed by atoms with Crippen molar-refractivity contribution in [2.45, 2.75) is 46.5 Å². The second kappa shape index (κ2) is 7.15. The first-order chi connectivity index (χ1) is 12.3. The van der Waals surface area contributed by atoms with Crippen LogP contribution in [0.5, 0.6) is 0 Å². The Labute approximate surface area is 157 Å². The number of nitrogens with one attached hydrogen (secondary N) is 1. The van der Waals surface area contributed by atoms with Crippen LogP contribution in [0, 0.1) is 5.41 Å². The predicted octanol–water partition coefficient (Wildman–Crippen LogP) is 3.61. The minimum absolute atomic E-state index is 0.00482. The highest BCUT2D eigenvalue weighted by molar-refractivity contribution is 7.15. The Bertz CT molecular complexity index is 825. The van der Waals surface area contributed by atoms with Crippen LogP contribution >= 0.6 is 11.3 Å². The molecular formula is C19H24N4O2S. The van der Waals surface area contributed by atoms with E-state index < -0.39 is 5.41 Å². The molecule has 2 amide bonds. The highest BCUT2D eigenvalue weighted by Gasteiger charge is 2.34. The molecular weight excluding hydrogens is 348 g/mol. The van der Waals surface area contributed by atoms with Crippen LogP contribution in [0.1, 0.15) is 50.6 Å². The quantitative estimate of drug-likeness (QED) is 0.890. The lowest BCUT2D eigenvalue weighted by atomic mass is 9.96. The molecule has 2 aromatic rings. The number of aromatic nitrogens is 2. The Morgan fingerprint density at radius 3 is 2.73 bits per heavy atom. The molecule has 0 bridgehead atoms. The SMILES string of the molecule is CCc1ccccc1N1C[C@@H](c2nnc(NC(=O)C(C)(C)C)s2)CC1=O. The number of anilines is 2. The Morgan fingerprint density at radius 1 is 1.31 bits per heavy atom. The molecule has 1 saturated heterocycles. The summed E-state index contributed by atoms with van der Waals surface area (Å²) in [5.74, 6) is 0.0118. The molecule has 26 heavy (non-hydrogen) atoms. The van der Waals surface area contributed by atoms with Gasteiger partial charge >= 0.3 is 0 Å². The van der Waals surface area contributed by atoms with Crippen molar-refractivity contribution >= 4 is 34.0 Å². The van der Waals surface area contributed by atoms with Gasteiger partial charge in [0.25, 0.3) is 0 Å². The number of hydrogen-bond donors (Lipinski definition) is 1. The van der Waals surface area contributed by atoms with Crippen LogP contribution in [0.2, 0.25) is 0 Å². The summed E-state index contributed by atoms with van der Waals surface area (Å²) in [4.78, 5) is 26.5. The molecule has 3 rings (SSSR count). The zero-order valence-electron chi connectivity index (χ0n) is 15.6. The fraction of sp³-hybridized carbons (Fsp3) is 0.474. The highest BCUT2D eigenvalue weighted by Crippen LogP contribution is 2.35. The van der Waals surface area contributed by atoms with Gasteiger partial charge in [0.1, 0.15) is 5.01 Å². The van der Waals surface area contributed by atoms with E-state index in [0.29, 0.717) is 18.1 Å². The van der Waals surface area contributed by atoms with E-state index in [1.807, 2.05) is 43.9 Å².